The maximum atomic E-state index is 12.1. The Bertz CT molecular complexity index is 468. The molecule has 2 rings (SSSR count). The van der Waals surface area contributed by atoms with Crippen LogP contribution >= 0.6 is 0 Å². The number of nitrogens with zero attached hydrogens (tertiary/aromatic N) is 3. The van der Waals surface area contributed by atoms with E-state index in [0.717, 1.165) is 0 Å². The second-order valence-corrected chi connectivity index (χ2v) is 4.75. The summed E-state index contributed by atoms with van der Waals surface area (Å²) in [5, 5.41) is 13.0. The first-order valence-electron chi connectivity index (χ1n) is 5.44. The molecule has 0 aromatic carbocycles. The van der Waals surface area contributed by atoms with Gasteiger partial charge in [-0.15, -0.1) is 0 Å². The highest BCUT2D eigenvalue weighted by Gasteiger charge is 2.42. The molecule has 0 bridgehead atoms. The lowest BCUT2D eigenvalue weighted by Gasteiger charge is -2.19. The van der Waals surface area contributed by atoms with Crippen LogP contribution in [0.25, 0.3) is 0 Å². The number of carbonyl (C=O) groups excluding carboxylic acids is 1. The number of carboxylic acids is 1. The van der Waals surface area contributed by atoms with Gasteiger partial charge < -0.3 is 10.0 Å². The largest absolute Gasteiger partial charge is 0.481 e. The summed E-state index contributed by atoms with van der Waals surface area (Å²) in [6, 6.07) is 0. The summed E-state index contributed by atoms with van der Waals surface area (Å²) in [6.45, 7) is 2.42. The standard InChI is InChI=1S/C11H15N3O3/c1-11(10(16)17)3-4-14(7-11)9(15)8-5-12-13(2)6-8/h5-6H,3-4,7H2,1-2H3,(H,16,17). The summed E-state index contributed by atoms with van der Waals surface area (Å²) in [7, 11) is 1.74. The first-order chi connectivity index (χ1) is 7.92. The van der Waals surface area contributed by atoms with E-state index in [1.165, 1.54) is 6.20 Å². The van der Waals surface area contributed by atoms with Crippen LogP contribution in [0.1, 0.15) is 23.7 Å². The van der Waals surface area contributed by atoms with Gasteiger partial charge in [0, 0.05) is 26.3 Å². The van der Waals surface area contributed by atoms with Gasteiger partial charge in [0.2, 0.25) is 0 Å². The molecule has 2 heterocycles. The lowest BCUT2D eigenvalue weighted by atomic mass is 9.90. The first kappa shape index (κ1) is 11.6. The van der Waals surface area contributed by atoms with Crippen LogP contribution in [0.5, 0.6) is 0 Å². The number of rotatable bonds is 2. The van der Waals surface area contributed by atoms with Gasteiger partial charge in [-0.25, -0.2) is 0 Å². The molecule has 1 N–H and O–H groups in total. The van der Waals surface area contributed by atoms with E-state index in [2.05, 4.69) is 5.10 Å². The molecule has 6 heteroatoms. The highest BCUT2D eigenvalue weighted by molar-refractivity contribution is 5.94. The van der Waals surface area contributed by atoms with Crippen LogP contribution in [-0.4, -0.2) is 44.8 Å². The number of carbonyl (C=O) groups is 2. The molecule has 1 amide bonds. The van der Waals surface area contributed by atoms with E-state index in [9.17, 15) is 9.59 Å². The van der Waals surface area contributed by atoms with Gasteiger partial charge in [-0.05, 0) is 13.3 Å². The molecule has 17 heavy (non-hydrogen) atoms. The summed E-state index contributed by atoms with van der Waals surface area (Å²) in [5.41, 5.74) is -0.320. The fourth-order valence-electron chi connectivity index (χ4n) is 2.02. The average Bonchev–Trinajstić information content (AvgIpc) is 2.85. The highest BCUT2D eigenvalue weighted by Crippen LogP contribution is 2.30. The smallest absolute Gasteiger partial charge is 0.311 e. The molecule has 1 aromatic heterocycles. The molecular formula is C11H15N3O3. The number of hydrogen-bond donors (Lipinski definition) is 1. The number of amides is 1. The Morgan fingerprint density at radius 3 is 2.71 bits per heavy atom. The van der Waals surface area contributed by atoms with E-state index >= 15 is 0 Å². The van der Waals surface area contributed by atoms with E-state index in [0.29, 0.717) is 18.5 Å². The Morgan fingerprint density at radius 2 is 2.24 bits per heavy atom. The molecule has 1 aliphatic heterocycles. The van der Waals surface area contributed by atoms with Gasteiger partial charge in [-0.2, -0.15) is 5.10 Å². The van der Waals surface area contributed by atoms with Gasteiger partial charge in [-0.3, -0.25) is 14.3 Å². The summed E-state index contributed by atoms with van der Waals surface area (Å²) in [6.07, 6.45) is 3.63. The maximum absolute atomic E-state index is 12.1. The van der Waals surface area contributed by atoms with Crippen LogP contribution in [0.3, 0.4) is 0 Å². The molecule has 1 saturated heterocycles. The lowest BCUT2D eigenvalue weighted by molar-refractivity contribution is -0.147. The minimum atomic E-state index is -0.848. The van der Waals surface area contributed by atoms with Crippen molar-refractivity contribution >= 4 is 11.9 Å². The summed E-state index contributed by atoms with van der Waals surface area (Å²) in [4.78, 5) is 24.7. The summed E-state index contributed by atoms with van der Waals surface area (Å²) < 4.78 is 1.56. The van der Waals surface area contributed by atoms with Crippen LogP contribution < -0.4 is 0 Å². The van der Waals surface area contributed by atoms with Crippen LogP contribution in [0.4, 0.5) is 0 Å². The third-order valence-corrected chi connectivity index (χ3v) is 3.23. The predicted octanol–water partition coefficient (Wildman–Crippen LogP) is 0.357. The second kappa shape index (κ2) is 3.87. The van der Waals surface area contributed by atoms with Crippen molar-refractivity contribution < 1.29 is 14.7 Å². The molecule has 0 aliphatic carbocycles. The molecule has 1 atom stereocenters. The van der Waals surface area contributed by atoms with Gasteiger partial charge in [0.05, 0.1) is 17.2 Å². The predicted molar refractivity (Wildman–Crippen MR) is 59.5 cm³/mol. The molecule has 1 fully saturated rings. The maximum Gasteiger partial charge on any atom is 0.311 e. The molecule has 1 aliphatic rings. The van der Waals surface area contributed by atoms with Crippen molar-refractivity contribution in [3.63, 3.8) is 0 Å². The van der Waals surface area contributed by atoms with Crippen molar-refractivity contribution in [1.29, 1.82) is 0 Å². The van der Waals surface area contributed by atoms with Crippen LogP contribution in [0, 0.1) is 5.41 Å². The Morgan fingerprint density at radius 1 is 1.53 bits per heavy atom. The van der Waals surface area contributed by atoms with Gasteiger partial charge in [-0.1, -0.05) is 0 Å². The van der Waals surface area contributed by atoms with Crippen molar-refractivity contribution in [2.45, 2.75) is 13.3 Å². The Hall–Kier alpha value is -1.85. The number of aromatic nitrogens is 2. The highest BCUT2D eigenvalue weighted by atomic mass is 16.4. The molecular weight excluding hydrogens is 222 g/mol. The number of likely N-dealkylation sites (tertiary alicyclic amines) is 1. The zero-order valence-corrected chi connectivity index (χ0v) is 9.88. The molecule has 0 saturated carbocycles. The van der Waals surface area contributed by atoms with Crippen LogP contribution in [-0.2, 0) is 11.8 Å². The zero-order chi connectivity index (χ0) is 12.6. The monoisotopic (exact) mass is 237 g/mol. The summed E-state index contributed by atoms with van der Waals surface area (Å²) >= 11 is 0. The molecule has 92 valence electrons. The fourth-order valence-corrected chi connectivity index (χ4v) is 2.02. The van der Waals surface area contributed by atoms with Gasteiger partial charge in [0.1, 0.15) is 0 Å². The molecule has 0 spiro atoms. The third kappa shape index (κ3) is 2.02. The van der Waals surface area contributed by atoms with Crippen molar-refractivity contribution in [1.82, 2.24) is 14.7 Å². The minimum absolute atomic E-state index is 0.150. The fraction of sp³-hybridized carbons (Fsp3) is 0.545. The Labute approximate surface area is 98.8 Å². The van der Waals surface area contributed by atoms with Crippen LogP contribution in [0.15, 0.2) is 12.4 Å². The first-order valence-corrected chi connectivity index (χ1v) is 5.44. The molecule has 1 unspecified atom stereocenters. The lowest BCUT2D eigenvalue weighted by Crippen LogP contribution is -2.34. The van der Waals surface area contributed by atoms with E-state index in [1.54, 1.807) is 29.7 Å². The van der Waals surface area contributed by atoms with E-state index in [1.807, 2.05) is 0 Å². The van der Waals surface area contributed by atoms with Gasteiger partial charge >= 0.3 is 5.97 Å². The Balaban J connectivity index is 2.11. The molecule has 1 aromatic rings. The quantitative estimate of drug-likeness (QED) is 0.805. The molecule has 6 nitrogen and oxygen atoms in total. The van der Waals surface area contributed by atoms with Crippen molar-refractivity contribution in [2.75, 3.05) is 13.1 Å². The SMILES string of the molecule is Cn1cc(C(=O)N2CCC(C)(C(=O)O)C2)cn1. The normalized spacial score (nSPS) is 24.0. The number of hydrogen-bond acceptors (Lipinski definition) is 3. The molecule has 0 radical (unpaired) electrons. The number of aryl methyl sites for hydroxylation is 1. The number of carboxylic acid groups (broad SMARTS) is 1. The van der Waals surface area contributed by atoms with E-state index in [4.69, 9.17) is 5.11 Å². The van der Waals surface area contributed by atoms with Crippen LogP contribution in [0.2, 0.25) is 0 Å². The Kier molecular flexibility index (Phi) is 2.65. The van der Waals surface area contributed by atoms with E-state index < -0.39 is 11.4 Å². The van der Waals surface area contributed by atoms with Gasteiger partial charge in [0.15, 0.2) is 0 Å². The summed E-state index contributed by atoms with van der Waals surface area (Å²) in [5.74, 6) is -0.998. The minimum Gasteiger partial charge on any atom is -0.481 e. The topological polar surface area (TPSA) is 75.4 Å². The number of aliphatic carboxylic acids is 1. The third-order valence-electron chi connectivity index (χ3n) is 3.23. The van der Waals surface area contributed by atoms with Crippen molar-refractivity contribution in [3.8, 4) is 0 Å². The average molecular weight is 237 g/mol. The van der Waals surface area contributed by atoms with Crippen molar-refractivity contribution in [2.24, 2.45) is 12.5 Å². The second-order valence-electron chi connectivity index (χ2n) is 4.75. The zero-order valence-electron chi connectivity index (χ0n) is 9.88. The van der Waals surface area contributed by atoms with Gasteiger partial charge in [0.25, 0.3) is 5.91 Å². The van der Waals surface area contributed by atoms with Crippen molar-refractivity contribution in [3.05, 3.63) is 18.0 Å². The van der Waals surface area contributed by atoms with E-state index in [-0.39, 0.29) is 12.5 Å².